The zero-order valence-electron chi connectivity index (χ0n) is 9.26. The number of hydrogen-bond acceptors (Lipinski definition) is 3. The second-order valence-corrected chi connectivity index (χ2v) is 3.60. The summed E-state index contributed by atoms with van der Waals surface area (Å²) in [6.07, 6.45) is 0. The Labute approximate surface area is 85.9 Å². The van der Waals surface area contributed by atoms with Crippen molar-refractivity contribution in [3.05, 3.63) is 23.7 Å². The normalized spacial score (nSPS) is 13.1. The first-order valence-electron chi connectivity index (χ1n) is 5.21. The lowest BCUT2D eigenvalue weighted by molar-refractivity contribution is 0.432. The van der Waals surface area contributed by atoms with Gasteiger partial charge in [-0.25, -0.2) is 0 Å². The van der Waals surface area contributed by atoms with Crippen LogP contribution in [0.15, 0.2) is 16.5 Å². The van der Waals surface area contributed by atoms with Crippen molar-refractivity contribution in [1.29, 1.82) is 0 Å². The highest BCUT2D eigenvalue weighted by Gasteiger charge is 2.02. The first kappa shape index (κ1) is 11.3. The van der Waals surface area contributed by atoms with E-state index in [-0.39, 0.29) is 0 Å². The monoisotopic (exact) mass is 196 g/mol. The fourth-order valence-corrected chi connectivity index (χ4v) is 1.29. The summed E-state index contributed by atoms with van der Waals surface area (Å²) in [6, 6.07) is 4.48. The Balaban J connectivity index is 2.20. The Hall–Kier alpha value is -0.800. The predicted molar refractivity (Wildman–Crippen MR) is 58.3 cm³/mol. The van der Waals surface area contributed by atoms with E-state index in [1.54, 1.807) is 0 Å². The molecule has 0 spiro atoms. The van der Waals surface area contributed by atoms with Crippen molar-refractivity contribution in [2.75, 3.05) is 13.1 Å². The van der Waals surface area contributed by atoms with Crippen molar-refractivity contribution >= 4 is 0 Å². The van der Waals surface area contributed by atoms with Gasteiger partial charge in [-0.05, 0) is 32.5 Å². The summed E-state index contributed by atoms with van der Waals surface area (Å²) in [5, 5.41) is 6.69. The third-order valence-electron chi connectivity index (χ3n) is 2.12. The zero-order chi connectivity index (χ0) is 10.4. The summed E-state index contributed by atoms with van der Waals surface area (Å²) in [4.78, 5) is 0. The lowest BCUT2D eigenvalue weighted by Gasteiger charge is -2.12. The first-order valence-corrected chi connectivity index (χ1v) is 5.21. The van der Waals surface area contributed by atoms with E-state index in [4.69, 9.17) is 4.42 Å². The molecule has 1 aromatic rings. The molecule has 1 aromatic heterocycles. The van der Waals surface area contributed by atoms with Crippen molar-refractivity contribution in [1.82, 2.24) is 10.6 Å². The van der Waals surface area contributed by atoms with Gasteiger partial charge in [0.25, 0.3) is 0 Å². The SMILES string of the molecule is CCNCC(C)NCc1ccc(C)o1. The molecule has 1 heterocycles. The summed E-state index contributed by atoms with van der Waals surface area (Å²) in [5.74, 6) is 1.98. The van der Waals surface area contributed by atoms with Gasteiger partial charge >= 0.3 is 0 Å². The third-order valence-corrected chi connectivity index (χ3v) is 2.12. The number of furan rings is 1. The molecule has 2 N–H and O–H groups in total. The van der Waals surface area contributed by atoms with E-state index in [0.717, 1.165) is 31.2 Å². The van der Waals surface area contributed by atoms with Crippen LogP contribution in [-0.4, -0.2) is 19.1 Å². The summed E-state index contributed by atoms with van der Waals surface area (Å²) in [6.45, 7) is 9.06. The van der Waals surface area contributed by atoms with Crippen LogP contribution >= 0.6 is 0 Å². The third kappa shape index (κ3) is 3.94. The number of rotatable bonds is 6. The Morgan fingerprint density at radius 1 is 1.43 bits per heavy atom. The molecule has 0 aliphatic carbocycles. The van der Waals surface area contributed by atoms with Gasteiger partial charge in [-0.2, -0.15) is 0 Å². The van der Waals surface area contributed by atoms with E-state index in [1.807, 2.05) is 19.1 Å². The summed E-state index contributed by atoms with van der Waals surface area (Å²) in [5.41, 5.74) is 0. The van der Waals surface area contributed by atoms with Crippen molar-refractivity contribution in [2.45, 2.75) is 33.4 Å². The minimum atomic E-state index is 0.473. The minimum Gasteiger partial charge on any atom is -0.465 e. The van der Waals surface area contributed by atoms with Gasteiger partial charge < -0.3 is 15.1 Å². The Kier molecular flexibility index (Phi) is 4.70. The molecule has 0 saturated carbocycles. The maximum absolute atomic E-state index is 5.46. The first-order chi connectivity index (χ1) is 6.72. The highest BCUT2D eigenvalue weighted by atomic mass is 16.3. The van der Waals surface area contributed by atoms with Crippen LogP contribution in [0.4, 0.5) is 0 Å². The Bertz CT molecular complexity index is 258. The average Bonchev–Trinajstić information content (AvgIpc) is 2.58. The van der Waals surface area contributed by atoms with Gasteiger partial charge in [0.15, 0.2) is 0 Å². The van der Waals surface area contributed by atoms with Gasteiger partial charge in [-0.1, -0.05) is 6.92 Å². The minimum absolute atomic E-state index is 0.473. The molecule has 1 rings (SSSR count). The van der Waals surface area contributed by atoms with Gasteiger partial charge in [0.2, 0.25) is 0 Å². The van der Waals surface area contributed by atoms with E-state index in [9.17, 15) is 0 Å². The van der Waals surface area contributed by atoms with Gasteiger partial charge in [0.05, 0.1) is 6.54 Å². The quantitative estimate of drug-likeness (QED) is 0.727. The predicted octanol–water partition coefficient (Wildman–Crippen LogP) is 1.68. The molecule has 80 valence electrons. The van der Waals surface area contributed by atoms with Crippen LogP contribution in [0.1, 0.15) is 25.4 Å². The van der Waals surface area contributed by atoms with Crippen LogP contribution in [-0.2, 0) is 6.54 Å². The highest BCUT2D eigenvalue weighted by molar-refractivity contribution is 5.05. The molecule has 3 heteroatoms. The molecule has 14 heavy (non-hydrogen) atoms. The molecule has 0 radical (unpaired) electrons. The zero-order valence-corrected chi connectivity index (χ0v) is 9.26. The van der Waals surface area contributed by atoms with Crippen LogP contribution in [0.3, 0.4) is 0 Å². The number of nitrogens with one attached hydrogen (secondary N) is 2. The van der Waals surface area contributed by atoms with Gasteiger partial charge in [-0.15, -0.1) is 0 Å². The van der Waals surface area contributed by atoms with Crippen LogP contribution in [0.5, 0.6) is 0 Å². The lowest BCUT2D eigenvalue weighted by Crippen LogP contribution is -2.35. The standard InChI is InChI=1S/C11H20N2O/c1-4-12-7-9(2)13-8-11-6-5-10(3)14-11/h5-6,9,12-13H,4,7-8H2,1-3H3. The second kappa shape index (κ2) is 5.83. The molecule has 0 saturated heterocycles. The maximum atomic E-state index is 5.46. The number of likely N-dealkylation sites (N-methyl/N-ethyl adjacent to an activating group) is 1. The maximum Gasteiger partial charge on any atom is 0.117 e. The molecule has 0 bridgehead atoms. The molecule has 1 unspecified atom stereocenters. The van der Waals surface area contributed by atoms with Crippen molar-refractivity contribution < 1.29 is 4.42 Å². The molecule has 1 atom stereocenters. The van der Waals surface area contributed by atoms with E-state index in [1.165, 1.54) is 0 Å². The van der Waals surface area contributed by atoms with Crippen molar-refractivity contribution in [2.24, 2.45) is 0 Å². The Morgan fingerprint density at radius 3 is 2.79 bits per heavy atom. The fraction of sp³-hybridized carbons (Fsp3) is 0.636. The molecule has 0 aromatic carbocycles. The van der Waals surface area contributed by atoms with Crippen LogP contribution in [0.2, 0.25) is 0 Å². The molecular weight excluding hydrogens is 176 g/mol. The number of aryl methyl sites for hydroxylation is 1. The van der Waals surface area contributed by atoms with E-state index in [2.05, 4.69) is 24.5 Å². The number of hydrogen-bond donors (Lipinski definition) is 2. The summed E-state index contributed by atoms with van der Waals surface area (Å²) < 4.78 is 5.46. The van der Waals surface area contributed by atoms with Gasteiger partial charge in [-0.3, -0.25) is 0 Å². The summed E-state index contributed by atoms with van der Waals surface area (Å²) >= 11 is 0. The van der Waals surface area contributed by atoms with E-state index >= 15 is 0 Å². The highest BCUT2D eigenvalue weighted by Crippen LogP contribution is 2.05. The van der Waals surface area contributed by atoms with Crippen molar-refractivity contribution in [3.8, 4) is 0 Å². The molecule has 0 fully saturated rings. The molecule has 0 aliphatic rings. The fourth-order valence-electron chi connectivity index (χ4n) is 1.29. The molecule has 0 aliphatic heterocycles. The smallest absolute Gasteiger partial charge is 0.117 e. The van der Waals surface area contributed by atoms with Gasteiger partial charge in [0.1, 0.15) is 11.5 Å². The second-order valence-electron chi connectivity index (χ2n) is 3.60. The summed E-state index contributed by atoms with van der Waals surface area (Å²) in [7, 11) is 0. The van der Waals surface area contributed by atoms with Crippen LogP contribution in [0.25, 0.3) is 0 Å². The average molecular weight is 196 g/mol. The lowest BCUT2D eigenvalue weighted by atomic mass is 10.3. The molecular formula is C11H20N2O. The van der Waals surface area contributed by atoms with Gasteiger partial charge in [0, 0.05) is 12.6 Å². The molecule has 3 nitrogen and oxygen atoms in total. The van der Waals surface area contributed by atoms with E-state index < -0.39 is 0 Å². The Morgan fingerprint density at radius 2 is 2.21 bits per heavy atom. The van der Waals surface area contributed by atoms with Crippen LogP contribution in [0, 0.1) is 6.92 Å². The van der Waals surface area contributed by atoms with Crippen LogP contribution < -0.4 is 10.6 Å². The van der Waals surface area contributed by atoms with Crippen molar-refractivity contribution in [3.63, 3.8) is 0 Å². The largest absolute Gasteiger partial charge is 0.465 e. The topological polar surface area (TPSA) is 37.2 Å². The van der Waals surface area contributed by atoms with E-state index in [0.29, 0.717) is 6.04 Å². The molecule has 0 amide bonds.